The van der Waals surface area contributed by atoms with Crippen LogP contribution in [-0.4, -0.2) is 28.5 Å². The van der Waals surface area contributed by atoms with E-state index >= 15 is 0 Å². The smallest absolute Gasteiger partial charge is 0.221 e. The van der Waals surface area contributed by atoms with Gasteiger partial charge in [-0.2, -0.15) is 0 Å². The zero-order valence-electron chi connectivity index (χ0n) is 18.5. The van der Waals surface area contributed by atoms with E-state index in [1.165, 1.54) is 0 Å². The van der Waals surface area contributed by atoms with Crippen LogP contribution in [0.3, 0.4) is 0 Å². The van der Waals surface area contributed by atoms with Crippen molar-refractivity contribution in [1.29, 1.82) is 0 Å². The molecule has 1 N–H and O–H groups in total. The molecule has 2 heterocycles. The fourth-order valence-electron chi connectivity index (χ4n) is 3.55. The van der Waals surface area contributed by atoms with E-state index in [0.29, 0.717) is 25.3 Å². The van der Waals surface area contributed by atoms with Crippen molar-refractivity contribution in [3.8, 4) is 11.4 Å². The van der Waals surface area contributed by atoms with Crippen LogP contribution in [0.2, 0.25) is 0 Å². The van der Waals surface area contributed by atoms with Gasteiger partial charge in [-0.15, -0.1) is 0 Å². The van der Waals surface area contributed by atoms with Crippen molar-refractivity contribution in [3.63, 3.8) is 0 Å². The Labute approximate surface area is 188 Å². The zero-order valence-corrected chi connectivity index (χ0v) is 18.5. The molecule has 0 aliphatic heterocycles. The van der Waals surface area contributed by atoms with E-state index in [4.69, 9.17) is 14.4 Å². The predicted molar refractivity (Wildman–Crippen MR) is 127 cm³/mol. The molecule has 4 aromatic rings. The van der Waals surface area contributed by atoms with Gasteiger partial charge in [-0.25, -0.2) is 9.97 Å². The maximum absolute atomic E-state index is 12.5. The van der Waals surface area contributed by atoms with Gasteiger partial charge in [0.15, 0.2) is 5.82 Å². The summed E-state index contributed by atoms with van der Waals surface area (Å²) in [4.78, 5) is 24.4. The number of nitrogens with one attached hydrogen (secondary N) is 1. The number of anilines is 1. The van der Waals surface area contributed by atoms with Crippen LogP contribution in [0, 0.1) is 0 Å². The van der Waals surface area contributed by atoms with Crippen LogP contribution in [0.25, 0.3) is 22.3 Å². The van der Waals surface area contributed by atoms with Gasteiger partial charge in [0.1, 0.15) is 11.6 Å². The molecule has 0 saturated carbocycles. The fourth-order valence-corrected chi connectivity index (χ4v) is 3.55. The Hall–Kier alpha value is -3.67. The van der Waals surface area contributed by atoms with Gasteiger partial charge < -0.3 is 14.6 Å². The second-order valence-electron chi connectivity index (χ2n) is 7.88. The first-order valence-corrected chi connectivity index (χ1v) is 11.0. The molecule has 164 valence electrons. The van der Waals surface area contributed by atoms with Gasteiger partial charge in [0.2, 0.25) is 5.91 Å². The van der Waals surface area contributed by atoms with E-state index in [9.17, 15) is 4.79 Å². The fraction of sp³-hybridized carbons (Fsp3) is 0.269. The lowest BCUT2D eigenvalue weighted by atomic mass is 10.1. The second-order valence-corrected chi connectivity index (χ2v) is 7.88. The number of hydrogen-bond donors (Lipinski definition) is 1. The van der Waals surface area contributed by atoms with Crippen molar-refractivity contribution < 1.29 is 9.21 Å². The maximum Gasteiger partial charge on any atom is 0.221 e. The van der Waals surface area contributed by atoms with Crippen molar-refractivity contribution in [2.24, 2.45) is 0 Å². The quantitative estimate of drug-likeness (QED) is 0.397. The van der Waals surface area contributed by atoms with Gasteiger partial charge in [0.25, 0.3) is 0 Å². The molecule has 2 aromatic carbocycles. The number of para-hydroxylation sites is 1. The molecule has 0 fully saturated rings. The number of fused-ring (bicyclic) bond motifs is 1. The molecule has 6 nitrogen and oxygen atoms in total. The number of carbonyl (C=O) groups is 1. The first-order chi connectivity index (χ1) is 15.6. The van der Waals surface area contributed by atoms with Crippen LogP contribution >= 0.6 is 0 Å². The molecular weight excluding hydrogens is 400 g/mol. The van der Waals surface area contributed by atoms with Gasteiger partial charge in [-0.05, 0) is 37.6 Å². The molecule has 1 atom stereocenters. The molecule has 0 aliphatic rings. The molecule has 2 aromatic heterocycles. The van der Waals surface area contributed by atoms with Crippen LogP contribution in [0.1, 0.15) is 32.4 Å². The molecular formula is C26H28N4O2. The number of aromatic nitrogens is 2. The lowest BCUT2D eigenvalue weighted by Crippen LogP contribution is -2.35. The highest BCUT2D eigenvalue weighted by molar-refractivity contribution is 5.91. The number of furan rings is 1. The molecule has 1 unspecified atom stereocenters. The lowest BCUT2D eigenvalue weighted by molar-refractivity contribution is -0.121. The van der Waals surface area contributed by atoms with Gasteiger partial charge in [-0.1, -0.05) is 49.4 Å². The topological polar surface area (TPSA) is 71.3 Å². The SMILES string of the molecule is CCC(C)NC(=O)CCN(Cc1ccco1)c1nc(-c2ccccc2)nc2ccccc12. The van der Waals surface area contributed by atoms with Crippen molar-refractivity contribution in [2.45, 2.75) is 39.3 Å². The van der Waals surface area contributed by atoms with E-state index in [-0.39, 0.29) is 11.9 Å². The largest absolute Gasteiger partial charge is 0.467 e. The van der Waals surface area contributed by atoms with Crippen molar-refractivity contribution >= 4 is 22.6 Å². The summed E-state index contributed by atoms with van der Waals surface area (Å²) in [5.74, 6) is 2.30. The molecule has 0 spiro atoms. The number of amides is 1. The van der Waals surface area contributed by atoms with Gasteiger partial charge >= 0.3 is 0 Å². The Morgan fingerprint density at radius 3 is 2.56 bits per heavy atom. The van der Waals surface area contributed by atoms with E-state index in [1.54, 1.807) is 6.26 Å². The van der Waals surface area contributed by atoms with Gasteiger partial charge in [0, 0.05) is 30.0 Å². The Morgan fingerprint density at radius 1 is 1.03 bits per heavy atom. The minimum atomic E-state index is 0.0328. The molecule has 32 heavy (non-hydrogen) atoms. The summed E-state index contributed by atoms with van der Waals surface area (Å²) in [5, 5.41) is 3.99. The average molecular weight is 429 g/mol. The van der Waals surface area contributed by atoms with Crippen LogP contribution < -0.4 is 10.2 Å². The third-order valence-corrected chi connectivity index (χ3v) is 5.47. The first-order valence-electron chi connectivity index (χ1n) is 11.0. The minimum absolute atomic E-state index is 0.0328. The van der Waals surface area contributed by atoms with Crippen LogP contribution in [0.15, 0.2) is 77.4 Å². The predicted octanol–water partition coefficient (Wildman–Crippen LogP) is 5.20. The Balaban J connectivity index is 1.72. The molecule has 1 amide bonds. The number of benzene rings is 2. The highest BCUT2D eigenvalue weighted by atomic mass is 16.3. The minimum Gasteiger partial charge on any atom is -0.467 e. The second kappa shape index (κ2) is 10.1. The number of carbonyl (C=O) groups excluding carboxylic acids is 1. The third-order valence-electron chi connectivity index (χ3n) is 5.47. The summed E-state index contributed by atoms with van der Waals surface area (Å²) in [6.07, 6.45) is 2.93. The van der Waals surface area contributed by atoms with E-state index < -0.39 is 0 Å². The lowest BCUT2D eigenvalue weighted by Gasteiger charge is -2.25. The summed E-state index contributed by atoms with van der Waals surface area (Å²) >= 11 is 0. The van der Waals surface area contributed by atoms with Crippen LogP contribution in [0.5, 0.6) is 0 Å². The summed E-state index contributed by atoms with van der Waals surface area (Å²) in [7, 11) is 0. The Bertz CT molecular complexity index is 1160. The summed E-state index contributed by atoms with van der Waals surface area (Å²) < 4.78 is 5.62. The van der Waals surface area contributed by atoms with E-state index in [2.05, 4.69) is 17.1 Å². The Kier molecular flexibility index (Phi) is 6.80. The molecule has 0 radical (unpaired) electrons. The number of rotatable bonds is 9. The average Bonchev–Trinajstić information content (AvgIpc) is 3.34. The maximum atomic E-state index is 12.5. The molecule has 0 saturated heterocycles. The normalized spacial score (nSPS) is 11.9. The summed E-state index contributed by atoms with van der Waals surface area (Å²) in [6, 6.07) is 21.9. The summed E-state index contributed by atoms with van der Waals surface area (Å²) in [5.41, 5.74) is 1.82. The number of hydrogen-bond acceptors (Lipinski definition) is 5. The molecule has 4 rings (SSSR count). The summed E-state index contributed by atoms with van der Waals surface area (Å²) in [6.45, 7) is 5.10. The van der Waals surface area contributed by atoms with Crippen LogP contribution in [0.4, 0.5) is 5.82 Å². The van der Waals surface area contributed by atoms with Gasteiger partial charge in [0.05, 0.1) is 18.3 Å². The van der Waals surface area contributed by atoms with Crippen molar-refractivity contribution in [3.05, 3.63) is 78.8 Å². The monoisotopic (exact) mass is 428 g/mol. The molecule has 0 aliphatic carbocycles. The molecule has 6 heteroatoms. The van der Waals surface area contributed by atoms with E-state index in [1.807, 2.05) is 73.7 Å². The van der Waals surface area contributed by atoms with Gasteiger partial charge in [-0.3, -0.25) is 4.79 Å². The highest BCUT2D eigenvalue weighted by Crippen LogP contribution is 2.29. The van der Waals surface area contributed by atoms with Crippen molar-refractivity contribution in [1.82, 2.24) is 15.3 Å². The highest BCUT2D eigenvalue weighted by Gasteiger charge is 2.18. The Morgan fingerprint density at radius 2 is 1.81 bits per heavy atom. The van der Waals surface area contributed by atoms with E-state index in [0.717, 1.165) is 34.5 Å². The molecule has 0 bridgehead atoms. The van der Waals surface area contributed by atoms with Crippen molar-refractivity contribution in [2.75, 3.05) is 11.4 Å². The number of nitrogens with zero attached hydrogens (tertiary/aromatic N) is 3. The van der Waals surface area contributed by atoms with Crippen LogP contribution in [-0.2, 0) is 11.3 Å². The standard InChI is InChI=1S/C26H28N4O2/c1-3-19(2)27-24(31)15-16-30(18-21-12-9-17-32-21)26-22-13-7-8-14-23(22)28-25(29-26)20-10-5-4-6-11-20/h4-14,17,19H,3,15-16,18H2,1-2H3,(H,27,31). The zero-order chi connectivity index (χ0) is 22.3. The first kappa shape index (κ1) is 21.6. The third kappa shape index (κ3) is 5.14.